The van der Waals surface area contributed by atoms with Gasteiger partial charge in [-0.3, -0.25) is 0 Å². The highest BCUT2D eigenvalue weighted by atomic mass is 32.2. The summed E-state index contributed by atoms with van der Waals surface area (Å²) in [6.07, 6.45) is 6.25. The number of hydrogen-bond donors (Lipinski definition) is 0. The average molecular weight is 299 g/mol. The van der Waals surface area contributed by atoms with Crippen LogP contribution in [0.2, 0.25) is 0 Å². The minimum Gasteiger partial charge on any atom is -0.207 e. The Labute approximate surface area is 120 Å². The zero-order valence-electron chi connectivity index (χ0n) is 12.1. The molecule has 1 fully saturated rings. The zero-order chi connectivity index (χ0) is 14.8. The highest BCUT2D eigenvalue weighted by Gasteiger charge is 2.28. The summed E-state index contributed by atoms with van der Waals surface area (Å²) < 4.78 is 40.2. The van der Waals surface area contributed by atoms with Crippen LogP contribution in [0.4, 0.5) is 4.39 Å². The summed E-state index contributed by atoms with van der Waals surface area (Å²) in [4.78, 5) is 0.0485. The van der Waals surface area contributed by atoms with Crippen molar-refractivity contribution in [2.75, 3.05) is 7.05 Å². The van der Waals surface area contributed by atoms with E-state index in [0.717, 1.165) is 31.7 Å². The second-order valence-corrected chi connectivity index (χ2v) is 7.58. The van der Waals surface area contributed by atoms with Crippen LogP contribution in [0, 0.1) is 12.7 Å². The summed E-state index contributed by atoms with van der Waals surface area (Å²) >= 11 is 0. The second-order valence-electron chi connectivity index (χ2n) is 5.58. The molecule has 1 saturated carbocycles. The van der Waals surface area contributed by atoms with Gasteiger partial charge in [0, 0.05) is 13.1 Å². The van der Waals surface area contributed by atoms with Gasteiger partial charge in [-0.25, -0.2) is 12.8 Å². The van der Waals surface area contributed by atoms with Crippen molar-refractivity contribution in [3.05, 3.63) is 29.6 Å². The quantitative estimate of drug-likeness (QED) is 0.801. The molecule has 1 aromatic rings. The highest BCUT2D eigenvalue weighted by molar-refractivity contribution is 7.89. The van der Waals surface area contributed by atoms with E-state index in [0.29, 0.717) is 5.56 Å². The lowest BCUT2D eigenvalue weighted by molar-refractivity contribution is 0.335. The Morgan fingerprint density at radius 2 is 1.75 bits per heavy atom. The summed E-state index contributed by atoms with van der Waals surface area (Å²) in [5, 5.41) is 0. The molecule has 0 N–H and O–H groups in total. The highest BCUT2D eigenvalue weighted by Crippen LogP contribution is 2.26. The van der Waals surface area contributed by atoms with Crippen molar-refractivity contribution < 1.29 is 12.8 Å². The van der Waals surface area contributed by atoms with Crippen LogP contribution in [-0.2, 0) is 10.0 Å². The summed E-state index contributed by atoms with van der Waals surface area (Å²) in [7, 11) is -1.99. The van der Waals surface area contributed by atoms with Gasteiger partial charge in [0.2, 0.25) is 10.0 Å². The van der Waals surface area contributed by atoms with E-state index in [9.17, 15) is 12.8 Å². The van der Waals surface area contributed by atoms with Crippen LogP contribution in [0.15, 0.2) is 23.1 Å². The first kappa shape index (κ1) is 15.4. The summed E-state index contributed by atoms with van der Waals surface area (Å²) in [6, 6.07) is 4.16. The lowest BCUT2D eigenvalue weighted by Gasteiger charge is -2.26. The number of rotatable bonds is 3. The minimum absolute atomic E-state index is 0.0341. The smallest absolute Gasteiger partial charge is 0.207 e. The molecule has 20 heavy (non-hydrogen) atoms. The van der Waals surface area contributed by atoms with Gasteiger partial charge in [-0.1, -0.05) is 31.7 Å². The lowest BCUT2D eigenvalue weighted by Crippen LogP contribution is -2.36. The fraction of sp³-hybridized carbons (Fsp3) is 0.600. The molecule has 0 unspecified atom stereocenters. The number of nitrogens with zero attached hydrogens (tertiary/aromatic N) is 1. The number of sulfonamides is 1. The topological polar surface area (TPSA) is 37.4 Å². The molecule has 0 heterocycles. The standard InChI is InChI=1S/C15H22FNO2S/c1-12-9-10-14(11-15(12)16)20(18,19)17(2)13-7-5-3-4-6-8-13/h9-11,13H,3-8H2,1-2H3. The van der Waals surface area contributed by atoms with Crippen molar-refractivity contribution in [2.45, 2.75) is 56.4 Å². The van der Waals surface area contributed by atoms with Gasteiger partial charge in [-0.2, -0.15) is 4.31 Å². The van der Waals surface area contributed by atoms with Gasteiger partial charge in [-0.15, -0.1) is 0 Å². The van der Waals surface area contributed by atoms with Gasteiger partial charge < -0.3 is 0 Å². The lowest BCUT2D eigenvalue weighted by atomic mass is 10.1. The fourth-order valence-corrected chi connectivity index (χ4v) is 4.15. The average Bonchev–Trinajstić information content (AvgIpc) is 2.69. The second kappa shape index (κ2) is 6.22. The fourth-order valence-electron chi connectivity index (χ4n) is 2.72. The Hall–Kier alpha value is -0.940. The van der Waals surface area contributed by atoms with Crippen LogP contribution >= 0.6 is 0 Å². The van der Waals surface area contributed by atoms with Crippen molar-refractivity contribution in [3.63, 3.8) is 0 Å². The predicted molar refractivity (Wildman–Crippen MR) is 77.6 cm³/mol. The maximum Gasteiger partial charge on any atom is 0.243 e. The molecule has 1 aromatic carbocycles. The van der Waals surface area contributed by atoms with E-state index < -0.39 is 15.8 Å². The molecule has 0 atom stereocenters. The van der Waals surface area contributed by atoms with Gasteiger partial charge in [0.05, 0.1) is 4.90 Å². The third kappa shape index (κ3) is 3.20. The minimum atomic E-state index is -3.60. The molecule has 0 radical (unpaired) electrons. The third-order valence-corrected chi connectivity index (χ3v) is 6.07. The summed E-state index contributed by atoms with van der Waals surface area (Å²) in [5.41, 5.74) is 0.459. The SMILES string of the molecule is Cc1ccc(S(=O)(=O)N(C)C2CCCCCC2)cc1F. The zero-order valence-corrected chi connectivity index (χ0v) is 12.9. The van der Waals surface area contributed by atoms with Gasteiger partial charge in [0.1, 0.15) is 5.82 Å². The first-order valence-corrected chi connectivity index (χ1v) is 8.61. The van der Waals surface area contributed by atoms with Gasteiger partial charge in [0.15, 0.2) is 0 Å². The summed E-state index contributed by atoms with van der Waals surface area (Å²) in [6.45, 7) is 1.63. The Bertz CT molecular complexity index is 563. The van der Waals surface area contributed by atoms with Crippen LogP contribution < -0.4 is 0 Å². The normalized spacial score (nSPS) is 18.2. The van der Waals surface area contributed by atoms with Crippen LogP contribution in [0.1, 0.15) is 44.1 Å². The first-order chi connectivity index (χ1) is 9.43. The molecule has 0 aromatic heterocycles. The van der Waals surface area contributed by atoms with Crippen LogP contribution in [0.5, 0.6) is 0 Å². The van der Waals surface area contributed by atoms with Gasteiger partial charge >= 0.3 is 0 Å². The molecule has 0 bridgehead atoms. The van der Waals surface area contributed by atoms with Crippen molar-refractivity contribution in [1.82, 2.24) is 4.31 Å². The Kier molecular flexibility index (Phi) is 4.81. The van der Waals surface area contributed by atoms with E-state index in [1.54, 1.807) is 14.0 Å². The van der Waals surface area contributed by atoms with E-state index in [4.69, 9.17) is 0 Å². The number of hydrogen-bond acceptors (Lipinski definition) is 2. The number of aryl methyl sites for hydroxylation is 1. The van der Waals surface area contributed by atoms with E-state index in [1.165, 1.54) is 29.3 Å². The van der Waals surface area contributed by atoms with Crippen molar-refractivity contribution >= 4 is 10.0 Å². The predicted octanol–water partition coefficient (Wildman–Crippen LogP) is 3.48. The molecule has 3 nitrogen and oxygen atoms in total. The monoisotopic (exact) mass is 299 g/mol. The van der Waals surface area contributed by atoms with Crippen molar-refractivity contribution in [1.29, 1.82) is 0 Å². The molecule has 0 spiro atoms. The maximum absolute atomic E-state index is 13.6. The Balaban J connectivity index is 2.26. The van der Waals surface area contributed by atoms with E-state index >= 15 is 0 Å². The maximum atomic E-state index is 13.6. The molecule has 1 aliphatic rings. The largest absolute Gasteiger partial charge is 0.243 e. The van der Waals surface area contributed by atoms with E-state index in [1.807, 2.05) is 0 Å². The first-order valence-electron chi connectivity index (χ1n) is 7.17. The van der Waals surface area contributed by atoms with Gasteiger partial charge in [-0.05, 0) is 37.5 Å². The molecule has 0 saturated heterocycles. The van der Waals surface area contributed by atoms with E-state index in [2.05, 4.69) is 0 Å². The third-order valence-electron chi connectivity index (χ3n) is 4.16. The molecule has 0 aliphatic heterocycles. The van der Waals surface area contributed by atoms with Gasteiger partial charge in [0.25, 0.3) is 0 Å². The number of halogens is 1. The van der Waals surface area contributed by atoms with Crippen LogP contribution in [0.25, 0.3) is 0 Å². The molecule has 5 heteroatoms. The molecule has 1 aliphatic carbocycles. The molecule has 2 rings (SSSR count). The van der Waals surface area contributed by atoms with Crippen molar-refractivity contribution in [2.24, 2.45) is 0 Å². The molecule has 0 amide bonds. The summed E-state index contributed by atoms with van der Waals surface area (Å²) in [5.74, 6) is -0.472. The molecule has 112 valence electrons. The number of benzene rings is 1. The molecular weight excluding hydrogens is 277 g/mol. The van der Waals surface area contributed by atoms with Crippen LogP contribution in [-0.4, -0.2) is 25.8 Å². The Morgan fingerprint density at radius 1 is 1.15 bits per heavy atom. The molecular formula is C15H22FNO2S. The van der Waals surface area contributed by atoms with Crippen LogP contribution in [0.3, 0.4) is 0 Å². The Morgan fingerprint density at radius 3 is 2.30 bits per heavy atom. The van der Waals surface area contributed by atoms with E-state index in [-0.39, 0.29) is 10.9 Å². The van der Waals surface area contributed by atoms with Crippen molar-refractivity contribution in [3.8, 4) is 0 Å².